The monoisotopic (exact) mass is 283 g/mol. The van der Waals surface area contributed by atoms with Gasteiger partial charge in [-0.05, 0) is 43.4 Å². The Morgan fingerprint density at radius 1 is 1.32 bits per heavy atom. The number of hydrogen-bond acceptors (Lipinski definition) is 4. The summed E-state index contributed by atoms with van der Waals surface area (Å²) in [5.41, 5.74) is 7.58. The maximum absolute atomic E-state index is 11.6. The fourth-order valence-corrected chi connectivity index (χ4v) is 3.55. The Bertz CT molecular complexity index is 584. The Balaban J connectivity index is 2.38. The van der Waals surface area contributed by atoms with Gasteiger partial charge in [0.2, 0.25) is 10.0 Å². The number of nitrogens with one attached hydrogen (secondary N) is 1. The van der Waals surface area contributed by atoms with Crippen LogP contribution in [0.4, 0.5) is 11.4 Å². The van der Waals surface area contributed by atoms with Crippen LogP contribution in [-0.2, 0) is 10.0 Å². The highest BCUT2D eigenvalue weighted by molar-refractivity contribution is 7.89. The van der Waals surface area contributed by atoms with Crippen LogP contribution in [0.25, 0.3) is 0 Å². The summed E-state index contributed by atoms with van der Waals surface area (Å²) in [4.78, 5) is 0.0978. The summed E-state index contributed by atoms with van der Waals surface area (Å²) < 4.78 is 23.1. The van der Waals surface area contributed by atoms with E-state index < -0.39 is 10.0 Å². The zero-order valence-corrected chi connectivity index (χ0v) is 12.1. The second-order valence-electron chi connectivity index (χ2n) is 5.40. The average molecular weight is 283 g/mol. The number of hydrogen-bond donors (Lipinski definition) is 3. The van der Waals surface area contributed by atoms with Gasteiger partial charge in [-0.2, -0.15) is 0 Å². The topological polar surface area (TPSA) is 98.2 Å². The molecule has 1 aromatic rings. The molecule has 0 amide bonds. The van der Waals surface area contributed by atoms with Crippen LogP contribution in [0.5, 0.6) is 0 Å². The van der Waals surface area contributed by atoms with Gasteiger partial charge in [-0.15, -0.1) is 0 Å². The van der Waals surface area contributed by atoms with Crippen molar-refractivity contribution in [2.75, 3.05) is 11.1 Å². The predicted molar refractivity (Wildman–Crippen MR) is 77.4 cm³/mol. The fourth-order valence-electron chi connectivity index (χ4n) is 2.71. The largest absolute Gasteiger partial charge is 0.399 e. The van der Waals surface area contributed by atoms with Gasteiger partial charge in [-0.3, -0.25) is 0 Å². The lowest BCUT2D eigenvalue weighted by atomic mass is 10.1. The second kappa shape index (κ2) is 5.02. The summed E-state index contributed by atoms with van der Waals surface area (Å²) >= 11 is 0. The average Bonchev–Trinajstić information content (AvgIpc) is 2.68. The molecule has 0 bridgehead atoms. The third kappa shape index (κ3) is 3.01. The highest BCUT2D eigenvalue weighted by Gasteiger charge is 2.24. The number of anilines is 2. The van der Waals surface area contributed by atoms with Crippen LogP contribution in [0.3, 0.4) is 0 Å². The minimum atomic E-state index is -3.75. The maximum Gasteiger partial charge on any atom is 0.238 e. The van der Waals surface area contributed by atoms with Crippen LogP contribution in [-0.4, -0.2) is 14.5 Å². The van der Waals surface area contributed by atoms with Gasteiger partial charge in [0.25, 0.3) is 0 Å². The molecule has 1 saturated carbocycles. The molecule has 6 heteroatoms. The summed E-state index contributed by atoms with van der Waals surface area (Å²) in [5, 5.41) is 8.63. The van der Waals surface area contributed by atoms with Gasteiger partial charge in [0.05, 0.1) is 4.90 Å². The molecule has 1 aliphatic rings. The normalized spacial score (nSPS) is 23.5. The van der Waals surface area contributed by atoms with Gasteiger partial charge in [0.15, 0.2) is 0 Å². The molecule has 0 saturated heterocycles. The first-order valence-electron chi connectivity index (χ1n) is 6.48. The molecule has 0 aliphatic heterocycles. The van der Waals surface area contributed by atoms with E-state index in [1.807, 2.05) is 0 Å². The van der Waals surface area contributed by atoms with Crippen molar-refractivity contribution in [3.63, 3.8) is 0 Å². The quantitative estimate of drug-likeness (QED) is 0.737. The highest BCUT2D eigenvalue weighted by Crippen LogP contribution is 2.32. The Morgan fingerprint density at radius 3 is 2.53 bits per heavy atom. The zero-order valence-electron chi connectivity index (χ0n) is 11.3. The molecule has 19 heavy (non-hydrogen) atoms. The molecule has 0 radical (unpaired) electrons. The molecule has 1 aromatic carbocycles. The SMILES string of the molecule is Cc1c(NC2CCCC2C)cc(N)cc1S(N)(=O)=O. The number of rotatable bonds is 3. The lowest BCUT2D eigenvalue weighted by Gasteiger charge is -2.21. The molecule has 0 spiro atoms. The van der Waals surface area contributed by atoms with Gasteiger partial charge < -0.3 is 11.1 Å². The summed E-state index contributed by atoms with van der Waals surface area (Å²) in [7, 11) is -3.75. The third-order valence-corrected chi connectivity index (χ3v) is 4.93. The van der Waals surface area contributed by atoms with Crippen molar-refractivity contribution in [1.82, 2.24) is 0 Å². The van der Waals surface area contributed by atoms with Crippen LogP contribution in [0, 0.1) is 12.8 Å². The van der Waals surface area contributed by atoms with E-state index in [0.29, 0.717) is 23.2 Å². The molecule has 106 valence electrons. The second-order valence-corrected chi connectivity index (χ2v) is 6.93. The molecule has 5 nitrogen and oxygen atoms in total. The fraction of sp³-hybridized carbons (Fsp3) is 0.538. The molecule has 1 aliphatic carbocycles. The van der Waals surface area contributed by atoms with Crippen LogP contribution in [0.15, 0.2) is 17.0 Å². The summed E-state index contributed by atoms with van der Waals surface area (Å²) in [6.45, 7) is 3.95. The van der Waals surface area contributed by atoms with Crippen molar-refractivity contribution < 1.29 is 8.42 Å². The van der Waals surface area contributed by atoms with Crippen LogP contribution in [0.1, 0.15) is 31.7 Å². The van der Waals surface area contributed by atoms with Gasteiger partial charge in [0, 0.05) is 17.4 Å². The first-order chi connectivity index (χ1) is 8.79. The number of primary sulfonamides is 1. The van der Waals surface area contributed by atoms with Crippen molar-refractivity contribution in [2.24, 2.45) is 11.1 Å². The minimum absolute atomic E-state index is 0.0978. The Morgan fingerprint density at radius 2 is 2.00 bits per heavy atom. The van der Waals surface area contributed by atoms with Crippen molar-refractivity contribution >= 4 is 21.4 Å². The van der Waals surface area contributed by atoms with E-state index in [9.17, 15) is 8.42 Å². The minimum Gasteiger partial charge on any atom is -0.399 e. The van der Waals surface area contributed by atoms with E-state index in [1.54, 1.807) is 13.0 Å². The van der Waals surface area contributed by atoms with Crippen LogP contribution < -0.4 is 16.2 Å². The standard InChI is InChI=1S/C13H21N3O2S/c1-8-4-3-5-11(8)16-12-6-10(14)7-13(9(12)2)19(15,17)18/h6-8,11,16H,3-5,14H2,1-2H3,(H2,15,17,18). The van der Waals surface area contributed by atoms with E-state index in [0.717, 1.165) is 12.1 Å². The first-order valence-corrected chi connectivity index (χ1v) is 8.03. The smallest absolute Gasteiger partial charge is 0.238 e. The number of nitrogens with two attached hydrogens (primary N) is 2. The van der Waals surface area contributed by atoms with Gasteiger partial charge in [-0.25, -0.2) is 13.6 Å². The van der Waals surface area contributed by atoms with Gasteiger partial charge in [0.1, 0.15) is 0 Å². The van der Waals surface area contributed by atoms with Crippen molar-refractivity contribution in [3.8, 4) is 0 Å². The molecule has 5 N–H and O–H groups in total. The van der Waals surface area contributed by atoms with E-state index in [-0.39, 0.29) is 4.90 Å². The number of sulfonamides is 1. The van der Waals surface area contributed by atoms with E-state index >= 15 is 0 Å². The highest BCUT2D eigenvalue weighted by atomic mass is 32.2. The van der Waals surface area contributed by atoms with Crippen LogP contribution >= 0.6 is 0 Å². The lowest BCUT2D eigenvalue weighted by Crippen LogP contribution is -2.23. The summed E-state index contributed by atoms with van der Waals surface area (Å²) in [6, 6.07) is 3.55. The molecule has 2 rings (SSSR count). The molecule has 1 fully saturated rings. The van der Waals surface area contributed by atoms with E-state index in [2.05, 4.69) is 12.2 Å². The number of benzene rings is 1. The predicted octanol–water partition coefficient (Wildman–Crippen LogP) is 1.83. The molecule has 2 unspecified atom stereocenters. The van der Waals surface area contributed by atoms with E-state index in [1.165, 1.54) is 18.9 Å². The van der Waals surface area contributed by atoms with Crippen molar-refractivity contribution in [1.29, 1.82) is 0 Å². The Hall–Kier alpha value is -1.27. The summed E-state index contributed by atoms with van der Waals surface area (Å²) in [5.74, 6) is 0.582. The van der Waals surface area contributed by atoms with Crippen LogP contribution in [0.2, 0.25) is 0 Å². The van der Waals surface area contributed by atoms with Crippen molar-refractivity contribution in [2.45, 2.75) is 44.0 Å². The molecule has 0 heterocycles. The number of nitrogen functional groups attached to an aromatic ring is 1. The zero-order chi connectivity index (χ0) is 14.2. The third-order valence-electron chi connectivity index (χ3n) is 3.89. The van der Waals surface area contributed by atoms with E-state index in [4.69, 9.17) is 10.9 Å². The Kier molecular flexibility index (Phi) is 3.73. The van der Waals surface area contributed by atoms with Gasteiger partial charge in [-0.1, -0.05) is 13.3 Å². The molecular weight excluding hydrogens is 262 g/mol. The summed E-state index contributed by atoms with van der Waals surface area (Å²) in [6.07, 6.45) is 3.49. The van der Waals surface area contributed by atoms with Crippen molar-refractivity contribution in [3.05, 3.63) is 17.7 Å². The molecule has 0 aromatic heterocycles. The Labute approximate surface area is 114 Å². The molecule has 2 atom stereocenters. The van der Waals surface area contributed by atoms with Gasteiger partial charge >= 0.3 is 0 Å². The molecular formula is C13H21N3O2S. The lowest BCUT2D eigenvalue weighted by molar-refractivity contribution is 0.556. The first kappa shape index (κ1) is 14.1. The maximum atomic E-state index is 11.6.